The van der Waals surface area contributed by atoms with Crippen LogP contribution in [0.3, 0.4) is 0 Å². The van der Waals surface area contributed by atoms with Crippen LogP contribution in [0.5, 0.6) is 0 Å². The summed E-state index contributed by atoms with van der Waals surface area (Å²) in [5.74, 6) is 0.605. The molecule has 5 rings (SSSR count). The van der Waals surface area contributed by atoms with E-state index in [1.165, 1.54) is 34.9 Å². The first kappa shape index (κ1) is 30.4. The predicted octanol–water partition coefficient (Wildman–Crippen LogP) is 5.68. The maximum Gasteiger partial charge on any atom is 0.416 e. The monoisotopic (exact) mass is 625 g/mol. The van der Waals surface area contributed by atoms with E-state index in [-0.39, 0.29) is 22.8 Å². The molecule has 9 nitrogen and oxygen atoms in total. The number of carbonyl (C=O) groups is 1. The van der Waals surface area contributed by atoms with Gasteiger partial charge in [-0.25, -0.2) is 15.1 Å². The van der Waals surface area contributed by atoms with Gasteiger partial charge in [-0.15, -0.1) is 5.10 Å². The first-order valence-electron chi connectivity index (χ1n) is 13.0. The average Bonchev–Trinajstić information content (AvgIpc) is 3.63. The summed E-state index contributed by atoms with van der Waals surface area (Å²) in [5.41, 5.74) is 9.06. The minimum Gasteiger partial charge on any atom is -0.380 e. The van der Waals surface area contributed by atoms with Gasteiger partial charge in [0.25, 0.3) is 0 Å². The van der Waals surface area contributed by atoms with E-state index in [4.69, 9.17) is 17.0 Å². The molecule has 1 fully saturated rings. The number of nitrogens with one attached hydrogen (secondary N) is 2. The predicted molar refractivity (Wildman–Crippen MR) is 164 cm³/mol. The second-order valence-electron chi connectivity index (χ2n) is 9.45. The van der Waals surface area contributed by atoms with Crippen molar-refractivity contribution >= 4 is 45.9 Å². The number of rotatable bonds is 8. The summed E-state index contributed by atoms with van der Waals surface area (Å²) >= 11 is 6.74. The summed E-state index contributed by atoms with van der Waals surface area (Å²) in [6.45, 7) is 2.30. The molecule has 0 saturated carbocycles. The maximum absolute atomic E-state index is 12.9. The largest absolute Gasteiger partial charge is 0.416 e. The molecule has 1 saturated heterocycles. The highest BCUT2D eigenvalue weighted by atomic mass is 32.2. The summed E-state index contributed by atoms with van der Waals surface area (Å²) in [4.78, 5) is 23.0. The van der Waals surface area contributed by atoms with Gasteiger partial charge in [-0.05, 0) is 55.0 Å². The number of nitrogens with zero attached hydrogens (tertiary/aromatic N) is 5. The lowest BCUT2D eigenvalue weighted by Crippen LogP contribution is -2.38. The third kappa shape index (κ3) is 7.10. The van der Waals surface area contributed by atoms with E-state index in [1.807, 2.05) is 55.5 Å². The van der Waals surface area contributed by atoms with Crippen molar-refractivity contribution in [2.45, 2.75) is 25.7 Å². The molecule has 14 heteroatoms. The van der Waals surface area contributed by atoms with E-state index in [9.17, 15) is 18.0 Å². The summed E-state index contributed by atoms with van der Waals surface area (Å²) in [6.07, 6.45) is -2.95. The number of methoxy groups -OCH3 is 1. The standard InChI is InChI=1S/C29H26F3N7O2S2/c1-18(35-36-27(42)34-28-39(25(40)16-43-28)24-6-4-3-5-21(24)15-41-2)19-7-9-20(10-8-19)26-33-17-38(37-26)23-13-11-22(12-14-23)29(30,31)32/h3-14,17-18,35H,15-16H2,1-2H3,(H,36,42)/b34-28-. The highest BCUT2D eigenvalue weighted by Gasteiger charge is 2.32. The molecule has 3 aromatic carbocycles. The molecule has 1 amide bonds. The Hall–Kier alpha value is -4.11. The Morgan fingerprint density at radius 2 is 1.84 bits per heavy atom. The maximum atomic E-state index is 12.9. The molecule has 0 aliphatic carbocycles. The van der Waals surface area contributed by atoms with Crippen LogP contribution in [-0.4, -0.2) is 43.8 Å². The summed E-state index contributed by atoms with van der Waals surface area (Å²) < 4.78 is 45.3. The number of ether oxygens (including phenoxy) is 1. The van der Waals surface area contributed by atoms with Gasteiger partial charge < -0.3 is 4.74 Å². The summed E-state index contributed by atoms with van der Waals surface area (Å²) in [7, 11) is 1.60. The highest BCUT2D eigenvalue weighted by molar-refractivity contribution is 8.15. The number of aromatic nitrogens is 3. The number of benzene rings is 3. The molecule has 1 aliphatic heterocycles. The number of amidine groups is 1. The van der Waals surface area contributed by atoms with Crippen LogP contribution < -0.4 is 15.8 Å². The Labute approximate surface area is 255 Å². The van der Waals surface area contributed by atoms with Gasteiger partial charge in [0.05, 0.1) is 29.3 Å². The molecule has 1 unspecified atom stereocenters. The number of para-hydroxylation sites is 1. The molecule has 1 aromatic heterocycles. The van der Waals surface area contributed by atoms with Gasteiger partial charge in [-0.2, -0.15) is 18.2 Å². The molecule has 0 bridgehead atoms. The van der Waals surface area contributed by atoms with Gasteiger partial charge in [-0.1, -0.05) is 54.2 Å². The molecular formula is C29H26F3N7O2S2. The number of thioether (sulfide) groups is 1. The van der Waals surface area contributed by atoms with Crippen LogP contribution in [0.15, 0.2) is 84.1 Å². The minimum atomic E-state index is -4.40. The van der Waals surface area contributed by atoms with E-state index < -0.39 is 11.7 Å². The zero-order valence-corrected chi connectivity index (χ0v) is 24.6. The summed E-state index contributed by atoms with van der Waals surface area (Å²) in [5, 5.41) is 5.06. The number of hydrogen-bond acceptors (Lipinski definition) is 7. The fraction of sp³-hybridized carbons (Fsp3) is 0.207. The van der Waals surface area contributed by atoms with Crippen LogP contribution in [0, 0.1) is 0 Å². The molecule has 0 spiro atoms. The normalized spacial score (nSPS) is 15.2. The lowest BCUT2D eigenvalue weighted by Gasteiger charge is -2.20. The number of amides is 1. The molecular weight excluding hydrogens is 599 g/mol. The topological polar surface area (TPSA) is 96.7 Å². The molecule has 43 heavy (non-hydrogen) atoms. The van der Waals surface area contributed by atoms with Crippen molar-refractivity contribution in [1.29, 1.82) is 0 Å². The lowest BCUT2D eigenvalue weighted by atomic mass is 10.1. The van der Waals surface area contributed by atoms with Crippen LogP contribution in [0.1, 0.15) is 29.7 Å². The first-order valence-corrected chi connectivity index (χ1v) is 14.4. The van der Waals surface area contributed by atoms with Gasteiger partial charge in [-0.3, -0.25) is 15.1 Å². The smallest absolute Gasteiger partial charge is 0.380 e. The zero-order valence-electron chi connectivity index (χ0n) is 23.0. The zero-order chi connectivity index (χ0) is 30.6. The van der Waals surface area contributed by atoms with Crippen molar-refractivity contribution in [2.24, 2.45) is 4.99 Å². The van der Waals surface area contributed by atoms with E-state index in [2.05, 4.69) is 25.9 Å². The van der Waals surface area contributed by atoms with E-state index in [0.29, 0.717) is 29.0 Å². The quantitative estimate of drug-likeness (QED) is 0.191. The van der Waals surface area contributed by atoms with Crippen molar-refractivity contribution in [2.75, 3.05) is 17.8 Å². The van der Waals surface area contributed by atoms with Gasteiger partial charge in [0.1, 0.15) is 6.33 Å². The van der Waals surface area contributed by atoms with Crippen molar-refractivity contribution in [1.82, 2.24) is 25.6 Å². The first-order chi connectivity index (χ1) is 20.6. The van der Waals surface area contributed by atoms with Gasteiger partial charge >= 0.3 is 6.18 Å². The van der Waals surface area contributed by atoms with Crippen molar-refractivity contribution in [3.8, 4) is 17.1 Å². The van der Waals surface area contributed by atoms with Gasteiger partial charge in [0.2, 0.25) is 11.0 Å². The fourth-order valence-corrected chi connectivity index (χ4v) is 5.37. The van der Waals surface area contributed by atoms with E-state index in [0.717, 1.165) is 28.8 Å². The third-order valence-corrected chi connectivity index (χ3v) is 7.63. The average molecular weight is 626 g/mol. The molecule has 0 radical (unpaired) electrons. The van der Waals surface area contributed by atoms with Crippen molar-refractivity contribution in [3.05, 3.63) is 95.8 Å². The van der Waals surface area contributed by atoms with Gasteiger partial charge in [0.15, 0.2) is 11.0 Å². The van der Waals surface area contributed by atoms with E-state index >= 15 is 0 Å². The molecule has 222 valence electrons. The van der Waals surface area contributed by atoms with Crippen molar-refractivity contribution in [3.63, 3.8) is 0 Å². The van der Waals surface area contributed by atoms with Gasteiger partial charge in [0, 0.05) is 24.3 Å². The van der Waals surface area contributed by atoms with Crippen LogP contribution in [0.4, 0.5) is 18.9 Å². The highest BCUT2D eigenvalue weighted by Crippen LogP contribution is 2.31. The van der Waals surface area contributed by atoms with Crippen molar-refractivity contribution < 1.29 is 22.7 Å². The second-order valence-corrected chi connectivity index (χ2v) is 10.8. The van der Waals surface area contributed by atoms with E-state index in [1.54, 1.807) is 12.0 Å². The lowest BCUT2D eigenvalue weighted by molar-refractivity contribution is -0.137. The second kappa shape index (κ2) is 13.0. The number of aliphatic imine (C=N–C) groups is 1. The van der Waals surface area contributed by atoms with Crippen LogP contribution in [0.25, 0.3) is 17.1 Å². The third-order valence-electron chi connectivity index (χ3n) is 6.51. The number of alkyl halides is 3. The number of anilines is 1. The molecule has 2 N–H and O–H groups in total. The number of hydrogen-bond donors (Lipinski definition) is 2. The molecule has 2 heterocycles. The Kier molecular flexibility index (Phi) is 9.20. The van der Waals surface area contributed by atoms with Crippen LogP contribution in [-0.2, 0) is 22.3 Å². The Morgan fingerprint density at radius 3 is 2.53 bits per heavy atom. The number of thiocarbonyl (C=S) groups is 1. The SMILES string of the molecule is COCc1ccccc1N1C(=O)CS/C1=N\C(=S)NNC(C)c1ccc(-c2ncn(-c3ccc(C(F)(F)F)cc3)n2)cc1. The minimum absolute atomic E-state index is 0.0878. The van der Waals surface area contributed by atoms with Crippen LogP contribution >= 0.6 is 24.0 Å². The molecule has 1 atom stereocenters. The molecule has 1 aliphatic rings. The molecule has 4 aromatic rings. The Bertz CT molecular complexity index is 1640. The summed E-state index contributed by atoms with van der Waals surface area (Å²) in [6, 6.07) is 19.6. The number of carbonyl (C=O) groups excluding carboxylic acids is 1. The number of hydrazine groups is 1. The van der Waals surface area contributed by atoms with Crippen LogP contribution in [0.2, 0.25) is 0 Å². The Morgan fingerprint density at radius 1 is 1.12 bits per heavy atom. The Balaban J connectivity index is 1.20. The number of halogens is 3. The fourth-order valence-electron chi connectivity index (χ4n) is 4.30.